The summed E-state index contributed by atoms with van der Waals surface area (Å²) in [7, 11) is 0. The largest absolute Gasteiger partial charge is 0.461 e. The van der Waals surface area contributed by atoms with E-state index in [0.717, 1.165) is 0 Å². The lowest BCUT2D eigenvalue weighted by Gasteiger charge is -2.09. The molecular formula is C24H21N3O8. The number of nitrogens with zero attached hydrogens (tertiary/aromatic N) is 2. The Balaban J connectivity index is 1.46. The van der Waals surface area contributed by atoms with Gasteiger partial charge in [0.05, 0.1) is 16.3 Å². The van der Waals surface area contributed by atoms with E-state index >= 15 is 0 Å². The highest BCUT2D eigenvalue weighted by atomic mass is 16.6. The summed E-state index contributed by atoms with van der Waals surface area (Å²) in [4.78, 5) is 44.7. The minimum atomic E-state index is -0.567. The van der Waals surface area contributed by atoms with Crippen LogP contribution in [0.1, 0.15) is 24.0 Å². The molecule has 0 radical (unpaired) electrons. The number of ether oxygens (including phenoxy) is 2. The number of carbonyl (C=O) groups excluding carboxylic acids is 2. The van der Waals surface area contributed by atoms with Crippen molar-refractivity contribution < 1.29 is 28.9 Å². The van der Waals surface area contributed by atoms with Gasteiger partial charge in [0.1, 0.15) is 18.1 Å². The Bertz CT molecular complexity index is 1260. The lowest BCUT2D eigenvalue weighted by Crippen LogP contribution is -2.15. The zero-order chi connectivity index (χ0) is 25.4. The van der Waals surface area contributed by atoms with Gasteiger partial charge in [0.15, 0.2) is 0 Å². The van der Waals surface area contributed by atoms with Crippen LogP contribution in [0, 0.1) is 27.2 Å². The lowest BCUT2D eigenvalue weighted by molar-refractivity contribution is -0.385. The van der Waals surface area contributed by atoms with Gasteiger partial charge in [-0.25, -0.2) is 0 Å². The fourth-order valence-electron chi connectivity index (χ4n) is 3.04. The predicted molar refractivity (Wildman–Crippen MR) is 125 cm³/mol. The van der Waals surface area contributed by atoms with Gasteiger partial charge in [0.25, 0.3) is 11.4 Å². The third kappa shape index (κ3) is 7.35. The molecule has 0 atom stereocenters. The summed E-state index contributed by atoms with van der Waals surface area (Å²) < 4.78 is 10.9. The average molecular weight is 479 g/mol. The molecule has 0 aliphatic heterocycles. The molecule has 0 aliphatic carbocycles. The fraction of sp³-hybridized carbons (Fsp3) is 0.167. The number of amides is 1. The zero-order valence-corrected chi connectivity index (χ0v) is 18.6. The number of nitro groups is 2. The van der Waals surface area contributed by atoms with Gasteiger partial charge < -0.3 is 14.8 Å². The maximum Gasteiger partial charge on any atom is 0.306 e. The lowest BCUT2D eigenvalue weighted by atomic mass is 10.1. The van der Waals surface area contributed by atoms with E-state index in [1.54, 1.807) is 31.2 Å². The number of nitrogens with one attached hydrogen (secondary N) is 1. The van der Waals surface area contributed by atoms with Crippen LogP contribution in [-0.4, -0.2) is 21.7 Å². The van der Waals surface area contributed by atoms with Crippen LogP contribution < -0.4 is 10.1 Å². The number of esters is 1. The molecule has 0 aliphatic rings. The van der Waals surface area contributed by atoms with E-state index in [4.69, 9.17) is 9.47 Å². The molecule has 0 saturated heterocycles. The van der Waals surface area contributed by atoms with Gasteiger partial charge in [0.2, 0.25) is 5.91 Å². The van der Waals surface area contributed by atoms with E-state index in [-0.39, 0.29) is 30.8 Å². The molecule has 35 heavy (non-hydrogen) atoms. The van der Waals surface area contributed by atoms with E-state index in [0.29, 0.717) is 28.3 Å². The number of carbonyl (C=O) groups is 2. The SMILES string of the molecule is Cc1cc([N+](=O)[O-])ccc1NC(=O)CCC(=O)OCc1cccc(Oc2ccc([N+](=O)[O-])cc2)c1. The van der Waals surface area contributed by atoms with E-state index in [9.17, 15) is 29.8 Å². The molecule has 0 unspecified atom stereocenters. The van der Waals surface area contributed by atoms with Crippen molar-refractivity contribution >= 4 is 28.9 Å². The smallest absolute Gasteiger partial charge is 0.306 e. The highest BCUT2D eigenvalue weighted by Crippen LogP contribution is 2.25. The van der Waals surface area contributed by atoms with Crippen molar-refractivity contribution in [2.24, 2.45) is 0 Å². The molecule has 0 spiro atoms. The zero-order valence-electron chi connectivity index (χ0n) is 18.6. The third-order valence-electron chi connectivity index (χ3n) is 4.83. The van der Waals surface area contributed by atoms with Gasteiger partial charge in [-0.15, -0.1) is 0 Å². The molecule has 3 aromatic carbocycles. The number of benzene rings is 3. The van der Waals surface area contributed by atoms with Crippen LogP contribution in [0.4, 0.5) is 17.1 Å². The monoisotopic (exact) mass is 479 g/mol. The van der Waals surface area contributed by atoms with Gasteiger partial charge in [-0.05, 0) is 48.4 Å². The van der Waals surface area contributed by atoms with Crippen LogP contribution in [-0.2, 0) is 20.9 Å². The average Bonchev–Trinajstić information content (AvgIpc) is 2.83. The molecular weight excluding hydrogens is 458 g/mol. The Labute approximate surface area is 199 Å². The molecule has 11 nitrogen and oxygen atoms in total. The first-order valence-corrected chi connectivity index (χ1v) is 10.4. The van der Waals surface area contributed by atoms with Crippen molar-refractivity contribution in [1.82, 2.24) is 0 Å². The summed E-state index contributed by atoms with van der Waals surface area (Å²) >= 11 is 0. The fourth-order valence-corrected chi connectivity index (χ4v) is 3.04. The van der Waals surface area contributed by atoms with E-state index in [1.165, 1.54) is 42.5 Å². The van der Waals surface area contributed by atoms with Gasteiger partial charge in [-0.1, -0.05) is 12.1 Å². The summed E-state index contributed by atoms with van der Waals surface area (Å²) in [5.74, 6) is -0.107. The number of hydrogen-bond donors (Lipinski definition) is 1. The summed E-state index contributed by atoms with van der Waals surface area (Å²) in [6.45, 7) is 1.61. The molecule has 3 rings (SSSR count). The molecule has 11 heteroatoms. The summed E-state index contributed by atoms with van der Waals surface area (Å²) in [6, 6.07) is 16.5. The topological polar surface area (TPSA) is 151 Å². The number of rotatable bonds is 10. The maximum atomic E-state index is 12.1. The summed E-state index contributed by atoms with van der Waals surface area (Å²) in [5.41, 5.74) is 1.49. The Morgan fingerprint density at radius 2 is 1.54 bits per heavy atom. The molecule has 0 aromatic heterocycles. The first kappa shape index (κ1) is 24.8. The van der Waals surface area contributed by atoms with Crippen molar-refractivity contribution in [2.45, 2.75) is 26.4 Å². The second kappa shape index (κ2) is 11.4. The summed E-state index contributed by atoms with van der Waals surface area (Å²) in [6.07, 6.45) is -0.255. The Morgan fingerprint density at radius 3 is 2.20 bits per heavy atom. The second-order valence-electron chi connectivity index (χ2n) is 7.47. The van der Waals surface area contributed by atoms with Crippen molar-refractivity contribution in [2.75, 3.05) is 5.32 Å². The highest BCUT2D eigenvalue weighted by Gasteiger charge is 2.13. The number of nitro benzene ring substituents is 2. The Morgan fingerprint density at radius 1 is 0.857 bits per heavy atom. The van der Waals surface area contributed by atoms with Crippen molar-refractivity contribution in [3.8, 4) is 11.5 Å². The van der Waals surface area contributed by atoms with Crippen LogP contribution in [0.25, 0.3) is 0 Å². The van der Waals surface area contributed by atoms with Crippen LogP contribution in [0.2, 0.25) is 0 Å². The highest BCUT2D eigenvalue weighted by molar-refractivity contribution is 5.93. The van der Waals surface area contributed by atoms with Crippen molar-refractivity contribution in [3.05, 3.63) is 98.1 Å². The molecule has 0 bridgehead atoms. The molecule has 180 valence electrons. The first-order chi connectivity index (χ1) is 16.7. The minimum Gasteiger partial charge on any atom is -0.461 e. The Kier molecular flexibility index (Phi) is 8.06. The number of hydrogen-bond acceptors (Lipinski definition) is 8. The molecule has 0 heterocycles. The molecule has 0 fully saturated rings. The standard InChI is InChI=1S/C24H21N3O8/c1-16-13-19(27(32)33)7-10-22(16)25-23(28)11-12-24(29)34-15-17-3-2-4-21(14-17)35-20-8-5-18(6-9-20)26(30)31/h2-10,13-14H,11-12,15H2,1H3,(H,25,28). The van der Waals surface area contributed by atoms with Crippen LogP contribution in [0.15, 0.2) is 66.7 Å². The quantitative estimate of drug-likeness (QED) is 0.240. The first-order valence-electron chi connectivity index (χ1n) is 10.4. The van der Waals surface area contributed by atoms with E-state index in [2.05, 4.69) is 5.32 Å². The summed E-state index contributed by atoms with van der Waals surface area (Å²) in [5, 5.41) is 24.2. The van der Waals surface area contributed by atoms with E-state index < -0.39 is 21.7 Å². The second-order valence-corrected chi connectivity index (χ2v) is 7.47. The van der Waals surface area contributed by atoms with Gasteiger partial charge in [0, 0.05) is 36.4 Å². The Hall–Kier alpha value is -4.80. The third-order valence-corrected chi connectivity index (χ3v) is 4.83. The number of non-ortho nitro benzene ring substituents is 2. The van der Waals surface area contributed by atoms with Gasteiger partial charge in [-0.2, -0.15) is 0 Å². The minimum absolute atomic E-state index is 0.0284. The van der Waals surface area contributed by atoms with Crippen LogP contribution in [0.5, 0.6) is 11.5 Å². The van der Waals surface area contributed by atoms with E-state index in [1.807, 2.05) is 0 Å². The molecule has 1 N–H and O–H groups in total. The van der Waals surface area contributed by atoms with Gasteiger partial charge >= 0.3 is 5.97 Å². The molecule has 3 aromatic rings. The normalized spacial score (nSPS) is 10.3. The predicted octanol–water partition coefficient (Wildman–Crippen LogP) is 5.07. The van der Waals surface area contributed by atoms with Crippen molar-refractivity contribution in [1.29, 1.82) is 0 Å². The molecule has 0 saturated carbocycles. The van der Waals surface area contributed by atoms with Crippen molar-refractivity contribution in [3.63, 3.8) is 0 Å². The van der Waals surface area contributed by atoms with Crippen LogP contribution in [0.3, 0.4) is 0 Å². The molecule has 1 amide bonds. The van der Waals surface area contributed by atoms with Crippen LogP contribution >= 0.6 is 0 Å². The maximum absolute atomic E-state index is 12.1. The number of aryl methyl sites for hydroxylation is 1. The number of anilines is 1. The van der Waals surface area contributed by atoms with Gasteiger partial charge in [-0.3, -0.25) is 29.8 Å².